The molecular weight excluding hydrogens is 242 g/mol. The van der Waals surface area contributed by atoms with E-state index in [1.807, 2.05) is 6.92 Å². The van der Waals surface area contributed by atoms with E-state index in [0.717, 1.165) is 0 Å². The second-order valence-corrected chi connectivity index (χ2v) is 3.69. The number of amides is 1. The summed E-state index contributed by atoms with van der Waals surface area (Å²) in [6, 6.07) is 6.76. The number of hydrogen-bond donors (Lipinski definition) is 3. The number of alkyl halides is 2. The molecule has 1 atom stereocenters. The number of para-hydroxylation sites is 1. The molecule has 0 fully saturated rings. The zero-order valence-corrected chi connectivity index (χ0v) is 9.99. The molecule has 1 rings (SSSR count). The van der Waals surface area contributed by atoms with Crippen LogP contribution in [0.5, 0.6) is 0 Å². The maximum Gasteiger partial charge on any atom is 0.265 e. The van der Waals surface area contributed by atoms with Crippen LogP contribution in [-0.4, -0.2) is 36.6 Å². The molecule has 4 nitrogen and oxygen atoms in total. The standard InChI is InChI=1S/C12H16F2N2O2/c1-2-15-9-6-4-3-5-8(9)12(18)16-7-10(17)11(13)14/h3-6,10-11,15,17H,2,7H2,1H3,(H,16,18). The molecule has 0 radical (unpaired) electrons. The Bertz CT molecular complexity index is 399. The average molecular weight is 258 g/mol. The summed E-state index contributed by atoms with van der Waals surface area (Å²) < 4.78 is 24.1. The average Bonchev–Trinajstić information content (AvgIpc) is 2.36. The molecule has 0 aliphatic carbocycles. The lowest BCUT2D eigenvalue weighted by atomic mass is 10.1. The first kappa shape index (κ1) is 14.4. The molecule has 0 spiro atoms. The van der Waals surface area contributed by atoms with Crippen LogP contribution in [0.1, 0.15) is 17.3 Å². The summed E-state index contributed by atoms with van der Waals surface area (Å²) >= 11 is 0. The summed E-state index contributed by atoms with van der Waals surface area (Å²) in [5, 5.41) is 14.2. The van der Waals surface area contributed by atoms with Crippen molar-refractivity contribution in [2.45, 2.75) is 19.5 Å². The first-order valence-corrected chi connectivity index (χ1v) is 5.63. The second kappa shape index (κ2) is 6.90. The molecule has 6 heteroatoms. The first-order valence-electron chi connectivity index (χ1n) is 5.63. The van der Waals surface area contributed by atoms with Crippen LogP contribution in [0.2, 0.25) is 0 Å². The fourth-order valence-electron chi connectivity index (χ4n) is 1.41. The minimum absolute atomic E-state index is 0.362. The van der Waals surface area contributed by atoms with Gasteiger partial charge in [0.25, 0.3) is 12.3 Å². The SMILES string of the molecule is CCNc1ccccc1C(=O)NCC(O)C(F)F. The van der Waals surface area contributed by atoms with Gasteiger partial charge in [-0.05, 0) is 19.1 Å². The lowest BCUT2D eigenvalue weighted by Gasteiger charge is -2.13. The number of rotatable bonds is 6. The van der Waals surface area contributed by atoms with Crippen molar-refractivity contribution >= 4 is 11.6 Å². The van der Waals surface area contributed by atoms with Gasteiger partial charge in [-0.3, -0.25) is 4.79 Å². The summed E-state index contributed by atoms with van der Waals surface area (Å²) in [6.45, 7) is 2.05. The van der Waals surface area contributed by atoms with E-state index in [1.165, 1.54) is 0 Å². The quantitative estimate of drug-likeness (QED) is 0.724. The Hall–Kier alpha value is -1.69. The van der Waals surface area contributed by atoms with Gasteiger partial charge < -0.3 is 15.7 Å². The van der Waals surface area contributed by atoms with E-state index in [9.17, 15) is 13.6 Å². The third kappa shape index (κ3) is 3.96. The third-order valence-corrected chi connectivity index (χ3v) is 2.30. The minimum Gasteiger partial charge on any atom is -0.385 e. The Morgan fingerprint density at radius 1 is 1.39 bits per heavy atom. The molecule has 0 aliphatic heterocycles. The smallest absolute Gasteiger partial charge is 0.265 e. The Morgan fingerprint density at radius 2 is 2.06 bits per heavy atom. The molecule has 0 heterocycles. The molecule has 0 aromatic heterocycles. The summed E-state index contributed by atoms with van der Waals surface area (Å²) in [7, 11) is 0. The number of carbonyl (C=O) groups is 1. The molecule has 3 N–H and O–H groups in total. The van der Waals surface area contributed by atoms with Crippen molar-refractivity contribution in [1.82, 2.24) is 5.32 Å². The monoisotopic (exact) mass is 258 g/mol. The van der Waals surface area contributed by atoms with Crippen LogP contribution in [0.3, 0.4) is 0 Å². The highest BCUT2D eigenvalue weighted by atomic mass is 19.3. The molecular formula is C12H16F2N2O2. The number of nitrogens with one attached hydrogen (secondary N) is 2. The van der Waals surface area contributed by atoms with Gasteiger partial charge in [-0.25, -0.2) is 8.78 Å². The normalized spacial score (nSPS) is 12.3. The van der Waals surface area contributed by atoms with Crippen molar-refractivity contribution in [3.8, 4) is 0 Å². The number of carbonyl (C=O) groups excluding carboxylic acids is 1. The van der Waals surface area contributed by atoms with E-state index in [4.69, 9.17) is 5.11 Å². The van der Waals surface area contributed by atoms with E-state index in [0.29, 0.717) is 17.8 Å². The van der Waals surface area contributed by atoms with Gasteiger partial charge in [0, 0.05) is 18.8 Å². The predicted octanol–water partition coefficient (Wildman–Crippen LogP) is 1.47. The highest BCUT2D eigenvalue weighted by molar-refractivity contribution is 5.99. The number of benzene rings is 1. The number of aliphatic hydroxyl groups excluding tert-OH is 1. The maximum atomic E-state index is 12.1. The Morgan fingerprint density at radius 3 is 2.67 bits per heavy atom. The lowest BCUT2D eigenvalue weighted by molar-refractivity contribution is -0.00269. The van der Waals surface area contributed by atoms with Crippen LogP contribution in [-0.2, 0) is 0 Å². The highest BCUT2D eigenvalue weighted by Crippen LogP contribution is 2.14. The fourth-order valence-corrected chi connectivity index (χ4v) is 1.41. The number of halogens is 2. The number of hydrogen-bond acceptors (Lipinski definition) is 3. The molecule has 1 unspecified atom stereocenters. The zero-order chi connectivity index (χ0) is 13.5. The lowest BCUT2D eigenvalue weighted by Crippen LogP contribution is -2.36. The van der Waals surface area contributed by atoms with Crippen molar-refractivity contribution < 1.29 is 18.7 Å². The van der Waals surface area contributed by atoms with Crippen molar-refractivity contribution in [2.24, 2.45) is 0 Å². The van der Waals surface area contributed by atoms with Crippen LogP contribution in [0.15, 0.2) is 24.3 Å². The molecule has 0 bridgehead atoms. The molecule has 0 saturated carbocycles. The van der Waals surface area contributed by atoms with Crippen molar-refractivity contribution in [3.63, 3.8) is 0 Å². The fraction of sp³-hybridized carbons (Fsp3) is 0.417. The largest absolute Gasteiger partial charge is 0.385 e. The van der Waals surface area contributed by atoms with Gasteiger partial charge in [-0.2, -0.15) is 0 Å². The van der Waals surface area contributed by atoms with Crippen LogP contribution < -0.4 is 10.6 Å². The predicted molar refractivity (Wildman–Crippen MR) is 64.9 cm³/mol. The van der Waals surface area contributed by atoms with Gasteiger partial charge in [-0.1, -0.05) is 12.1 Å². The van der Waals surface area contributed by atoms with Gasteiger partial charge in [0.15, 0.2) is 0 Å². The summed E-state index contributed by atoms with van der Waals surface area (Å²) in [4.78, 5) is 11.8. The van der Waals surface area contributed by atoms with Crippen LogP contribution in [0, 0.1) is 0 Å². The van der Waals surface area contributed by atoms with Gasteiger partial charge in [0.2, 0.25) is 0 Å². The zero-order valence-electron chi connectivity index (χ0n) is 9.99. The molecule has 18 heavy (non-hydrogen) atoms. The van der Waals surface area contributed by atoms with E-state index in [-0.39, 0.29) is 0 Å². The molecule has 1 aromatic rings. The first-order chi connectivity index (χ1) is 8.56. The summed E-state index contributed by atoms with van der Waals surface area (Å²) in [5.41, 5.74) is 0.991. The van der Waals surface area contributed by atoms with Crippen molar-refractivity contribution in [3.05, 3.63) is 29.8 Å². The van der Waals surface area contributed by atoms with E-state index in [2.05, 4.69) is 10.6 Å². The highest BCUT2D eigenvalue weighted by Gasteiger charge is 2.18. The molecule has 1 aromatic carbocycles. The van der Waals surface area contributed by atoms with Gasteiger partial charge >= 0.3 is 0 Å². The Kier molecular flexibility index (Phi) is 5.51. The van der Waals surface area contributed by atoms with E-state index >= 15 is 0 Å². The van der Waals surface area contributed by atoms with Crippen molar-refractivity contribution in [2.75, 3.05) is 18.4 Å². The molecule has 1 amide bonds. The van der Waals surface area contributed by atoms with Crippen molar-refractivity contribution in [1.29, 1.82) is 0 Å². The molecule has 0 saturated heterocycles. The van der Waals surface area contributed by atoms with E-state index < -0.39 is 25.0 Å². The van der Waals surface area contributed by atoms with Crippen LogP contribution >= 0.6 is 0 Å². The molecule has 100 valence electrons. The Balaban J connectivity index is 2.66. The molecule has 0 aliphatic rings. The second-order valence-electron chi connectivity index (χ2n) is 3.69. The van der Waals surface area contributed by atoms with Gasteiger partial charge in [0.1, 0.15) is 6.10 Å². The van der Waals surface area contributed by atoms with E-state index in [1.54, 1.807) is 24.3 Å². The van der Waals surface area contributed by atoms with Gasteiger partial charge in [0.05, 0.1) is 5.56 Å². The maximum absolute atomic E-state index is 12.1. The summed E-state index contributed by atoms with van der Waals surface area (Å²) in [6.07, 6.45) is -4.71. The number of aliphatic hydroxyl groups is 1. The van der Waals surface area contributed by atoms with Gasteiger partial charge in [-0.15, -0.1) is 0 Å². The minimum atomic E-state index is -2.87. The third-order valence-electron chi connectivity index (χ3n) is 2.30. The Labute approximate surface area is 104 Å². The van der Waals surface area contributed by atoms with Crippen LogP contribution in [0.4, 0.5) is 14.5 Å². The summed E-state index contributed by atoms with van der Waals surface area (Å²) in [5.74, 6) is -0.494. The topological polar surface area (TPSA) is 61.4 Å². The van der Waals surface area contributed by atoms with Crippen LogP contribution in [0.25, 0.3) is 0 Å². The number of anilines is 1.